The summed E-state index contributed by atoms with van der Waals surface area (Å²) in [6.45, 7) is 4.55. The van der Waals surface area contributed by atoms with E-state index in [1.165, 1.54) is 11.8 Å². The summed E-state index contributed by atoms with van der Waals surface area (Å²) in [5.41, 5.74) is 3.84. The molecule has 10 nitrogen and oxygen atoms in total. The van der Waals surface area contributed by atoms with Crippen molar-refractivity contribution < 1.29 is 4.92 Å². The molecule has 1 saturated heterocycles. The van der Waals surface area contributed by atoms with Gasteiger partial charge in [-0.15, -0.1) is 5.10 Å². The van der Waals surface area contributed by atoms with Crippen molar-refractivity contribution in [2.45, 2.75) is 6.54 Å². The molecule has 0 amide bonds. The molecule has 2 N–H and O–H groups in total. The molecule has 0 unspecified atom stereocenters. The Morgan fingerprint density at radius 1 is 1.03 bits per heavy atom. The van der Waals surface area contributed by atoms with E-state index in [2.05, 4.69) is 49.7 Å². The SMILES string of the molecule is CN1CCN(c2cccc(Nc3ncc4ccc(NCc5cccc([N+](=O)[O-])c5)n4n3)c2)CC1. The number of piperazine rings is 1. The van der Waals surface area contributed by atoms with Crippen LogP contribution in [0.25, 0.3) is 5.52 Å². The number of rotatable bonds is 7. The highest BCUT2D eigenvalue weighted by Crippen LogP contribution is 2.23. The number of hydrogen-bond acceptors (Lipinski definition) is 8. The highest BCUT2D eigenvalue weighted by atomic mass is 16.6. The third kappa shape index (κ3) is 4.76. The Hall–Kier alpha value is -4.18. The summed E-state index contributed by atoms with van der Waals surface area (Å²) < 4.78 is 1.77. The molecule has 1 aliphatic rings. The van der Waals surface area contributed by atoms with E-state index in [4.69, 9.17) is 0 Å². The maximum absolute atomic E-state index is 11.0. The Labute approximate surface area is 197 Å². The van der Waals surface area contributed by atoms with Crippen LogP contribution in [0.3, 0.4) is 0 Å². The van der Waals surface area contributed by atoms with Gasteiger partial charge in [-0.2, -0.15) is 0 Å². The highest BCUT2D eigenvalue weighted by Gasteiger charge is 2.15. The molecule has 0 radical (unpaired) electrons. The van der Waals surface area contributed by atoms with Gasteiger partial charge in [-0.05, 0) is 42.9 Å². The summed E-state index contributed by atoms with van der Waals surface area (Å²) in [5, 5.41) is 22.3. The monoisotopic (exact) mass is 458 g/mol. The lowest BCUT2D eigenvalue weighted by Gasteiger charge is -2.34. The average molecular weight is 459 g/mol. The number of non-ortho nitro benzene ring substituents is 1. The highest BCUT2D eigenvalue weighted by molar-refractivity contribution is 5.63. The summed E-state index contributed by atoms with van der Waals surface area (Å²) in [4.78, 5) is 19.8. The first kappa shape index (κ1) is 21.7. The predicted octanol–water partition coefficient (Wildman–Crippen LogP) is 3.75. The molecule has 1 fully saturated rings. The fraction of sp³-hybridized carbons (Fsp3) is 0.250. The third-order valence-corrected chi connectivity index (χ3v) is 5.96. The second-order valence-corrected chi connectivity index (χ2v) is 8.38. The van der Waals surface area contributed by atoms with E-state index in [1.54, 1.807) is 22.8 Å². The molecule has 5 rings (SSSR count). The van der Waals surface area contributed by atoms with Gasteiger partial charge in [0.15, 0.2) is 0 Å². The van der Waals surface area contributed by atoms with Crippen LogP contribution in [-0.2, 0) is 6.54 Å². The Morgan fingerprint density at radius 3 is 2.68 bits per heavy atom. The molecule has 0 aliphatic carbocycles. The van der Waals surface area contributed by atoms with E-state index in [-0.39, 0.29) is 10.6 Å². The van der Waals surface area contributed by atoms with E-state index in [1.807, 2.05) is 30.3 Å². The Morgan fingerprint density at radius 2 is 1.85 bits per heavy atom. The lowest BCUT2D eigenvalue weighted by Crippen LogP contribution is -2.44. The smallest absolute Gasteiger partial charge is 0.269 e. The summed E-state index contributed by atoms with van der Waals surface area (Å²) in [5.74, 6) is 1.26. The van der Waals surface area contributed by atoms with Gasteiger partial charge in [0.25, 0.3) is 5.69 Å². The van der Waals surface area contributed by atoms with Gasteiger partial charge in [-0.1, -0.05) is 18.2 Å². The quantitative estimate of drug-likeness (QED) is 0.319. The van der Waals surface area contributed by atoms with Gasteiger partial charge in [0.05, 0.1) is 16.6 Å². The normalized spacial score (nSPS) is 14.3. The zero-order valence-electron chi connectivity index (χ0n) is 18.9. The van der Waals surface area contributed by atoms with Crippen molar-refractivity contribution in [3.63, 3.8) is 0 Å². The van der Waals surface area contributed by atoms with Crippen LogP contribution >= 0.6 is 0 Å². The van der Waals surface area contributed by atoms with E-state index in [0.29, 0.717) is 12.5 Å². The van der Waals surface area contributed by atoms with Gasteiger partial charge in [0.1, 0.15) is 5.82 Å². The van der Waals surface area contributed by atoms with Crippen LogP contribution in [0.1, 0.15) is 5.56 Å². The maximum Gasteiger partial charge on any atom is 0.269 e. The Bertz CT molecular complexity index is 1310. The zero-order chi connectivity index (χ0) is 23.5. The molecule has 1 aliphatic heterocycles. The van der Waals surface area contributed by atoms with Gasteiger partial charge in [-0.3, -0.25) is 10.1 Å². The lowest BCUT2D eigenvalue weighted by atomic mass is 10.2. The number of fused-ring (bicyclic) bond motifs is 1. The number of anilines is 4. The van der Waals surface area contributed by atoms with Crippen LogP contribution in [0.4, 0.5) is 28.8 Å². The molecule has 2 aromatic heterocycles. The second kappa shape index (κ2) is 9.36. The summed E-state index contributed by atoms with van der Waals surface area (Å²) in [7, 11) is 2.15. The summed E-state index contributed by atoms with van der Waals surface area (Å²) in [6.07, 6.45) is 1.76. The minimum Gasteiger partial charge on any atom is -0.369 e. The number of hydrogen-bond donors (Lipinski definition) is 2. The molecule has 2 aromatic carbocycles. The lowest BCUT2D eigenvalue weighted by molar-refractivity contribution is -0.384. The standard InChI is InChI=1S/C24H26N8O2/c1-29-10-12-30(13-11-29)20-6-3-5-19(15-20)27-24-26-17-22-8-9-23(31(22)28-24)25-16-18-4-2-7-21(14-18)32(33)34/h2-9,14-15,17,25H,10-13,16H2,1H3,(H,27,28). The van der Waals surface area contributed by atoms with Crippen molar-refractivity contribution in [3.8, 4) is 0 Å². The Balaban J connectivity index is 1.31. The number of aromatic nitrogens is 3. The largest absolute Gasteiger partial charge is 0.369 e. The van der Waals surface area contributed by atoms with Crippen LogP contribution < -0.4 is 15.5 Å². The van der Waals surface area contributed by atoms with Crippen molar-refractivity contribution in [1.29, 1.82) is 0 Å². The molecule has 0 saturated carbocycles. The van der Waals surface area contributed by atoms with Crippen molar-refractivity contribution in [2.75, 3.05) is 48.8 Å². The van der Waals surface area contributed by atoms with Crippen molar-refractivity contribution in [1.82, 2.24) is 19.5 Å². The van der Waals surface area contributed by atoms with E-state index >= 15 is 0 Å². The first-order chi connectivity index (χ1) is 16.5. The van der Waals surface area contributed by atoms with Crippen LogP contribution in [0.5, 0.6) is 0 Å². The average Bonchev–Trinajstić information content (AvgIpc) is 3.26. The molecule has 0 atom stereocenters. The van der Waals surface area contributed by atoms with Crippen molar-refractivity contribution in [3.05, 3.63) is 82.5 Å². The molecule has 0 spiro atoms. The molecular weight excluding hydrogens is 432 g/mol. The molecule has 3 heterocycles. The molecule has 0 bridgehead atoms. The minimum absolute atomic E-state index is 0.0759. The third-order valence-electron chi connectivity index (χ3n) is 5.96. The molecule has 34 heavy (non-hydrogen) atoms. The van der Waals surface area contributed by atoms with Crippen LogP contribution in [0.2, 0.25) is 0 Å². The number of likely N-dealkylation sites (N-methyl/N-ethyl adjacent to an activating group) is 1. The van der Waals surface area contributed by atoms with Gasteiger partial charge in [-0.25, -0.2) is 9.50 Å². The minimum atomic E-state index is -0.389. The van der Waals surface area contributed by atoms with Gasteiger partial charge in [0, 0.05) is 56.2 Å². The predicted molar refractivity (Wildman–Crippen MR) is 133 cm³/mol. The van der Waals surface area contributed by atoms with Crippen LogP contribution in [0.15, 0.2) is 66.9 Å². The first-order valence-electron chi connectivity index (χ1n) is 11.2. The van der Waals surface area contributed by atoms with Crippen LogP contribution in [0, 0.1) is 10.1 Å². The first-order valence-corrected chi connectivity index (χ1v) is 11.2. The second-order valence-electron chi connectivity index (χ2n) is 8.38. The van der Waals surface area contributed by atoms with E-state index in [0.717, 1.165) is 48.8 Å². The van der Waals surface area contributed by atoms with Gasteiger partial charge in [0.2, 0.25) is 5.95 Å². The van der Waals surface area contributed by atoms with Crippen molar-refractivity contribution >= 4 is 34.3 Å². The number of benzene rings is 2. The number of nitrogens with zero attached hydrogens (tertiary/aromatic N) is 6. The fourth-order valence-electron chi connectivity index (χ4n) is 4.04. The Kier molecular flexibility index (Phi) is 5.96. The summed E-state index contributed by atoms with van der Waals surface area (Å²) in [6, 6.07) is 18.7. The van der Waals surface area contributed by atoms with Crippen LogP contribution in [-0.4, -0.2) is 57.6 Å². The van der Waals surface area contributed by atoms with Gasteiger partial charge >= 0.3 is 0 Å². The number of nitrogens with one attached hydrogen (secondary N) is 2. The van der Waals surface area contributed by atoms with E-state index in [9.17, 15) is 10.1 Å². The van der Waals surface area contributed by atoms with Gasteiger partial charge < -0.3 is 20.4 Å². The topological polar surface area (TPSA) is 104 Å². The van der Waals surface area contributed by atoms with Crippen molar-refractivity contribution in [2.24, 2.45) is 0 Å². The fourth-order valence-corrected chi connectivity index (χ4v) is 4.04. The number of nitro groups is 1. The number of nitro benzene ring substituents is 1. The maximum atomic E-state index is 11.0. The summed E-state index contributed by atoms with van der Waals surface area (Å²) >= 11 is 0. The molecule has 174 valence electrons. The molecule has 10 heteroatoms. The molecule has 4 aromatic rings. The molecular formula is C24H26N8O2. The zero-order valence-corrected chi connectivity index (χ0v) is 18.9. The van der Waals surface area contributed by atoms with E-state index < -0.39 is 0 Å².